The lowest BCUT2D eigenvalue weighted by atomic mass is 9.69. The molecule has 3 aliphatic heterocycles. The Morgan fingerprint density at radius 1 is 0.815 bits per heavy atom. The average molecular weight is 380 g/mol. The Balaban J connectivity index is 1.94. The number of hydrogen-bond donors (Lipinski definition) is 0. The Bertz CT molecular complexity index is 681. The smallest absolute Gasteiger partial charge is 0.320 e. The first-order valence-electron chi connectivity index (χ1n) is 9.46. The number of carbonyl (C=O) groups is 4. The summed E-state index contributed by atoms with van der Waals surface area (Å²) in [4.78, 5) is 49.2. The lowest BCUT2D eigenvalue weighted by molar-refractivity contribution is -0.168. The van der Waals surface area contributed by atoms with Crippen molar-refractivity contribution in [3.63, 3.8) is 0 Å². The summed E-state index contributed by atoms with van der Waals surface area (Å²) in [7, 11) is 0. The number of cyclic esters (lactones) is 4. The zero-order chi connectivity index (χ0) is 20.3. The molecule has 0 amide bonds. The van der Waals surface area contributed by atoms with E-state index in [0.29, 0.717) is 6.42 Å². The van der Waals surface area contributed by atoms with E-state index in [9.17, 15) is 19.2 Å². The standard InChI is InChI=1S/C20H28O7/c1-19(2,3)8-11-12-9(15(21)26-16(12)22)7-10(25-11)13-14(20(4,5)6)18(24)27-17(13)23/h9-14H,7-8H2,1-6H3. The van der Waals surface area contributed by atoms with Crippen molar-refractivity contribution in [2.75, 3.05) is 0 Å². The molecule has 0 bridgehead atoms. The van der Waals surface area contributed by atoms with Crippen LogP contribution in [0.25, 0.3) is 0 Å². The van der Waals surface area contributed by atoms with Gasteiger partial charge in [-0.3, -0.25) is 19.2 Å². The summed E-state index contributed by atoms with van der Waals surface area (Å²) < 4.78 is 16.0. The molecular formula is C20H28O7. The van der Waals surface area contributed by atoms with Gasteiger partial charge < -0.3 is 14.2 Å². The number of fused-ring (bicyclic) bond motifs is 1. The van der Waals surface area contributed by atoms with E-state index in [-0.39, 0.29) is 11.8 Å². The summed E-state index contributed by atoms with van der Waals surface area (Å²) in [5.74, 6) is -5.05. The van der Waals surface area contributed by atoms with Crippen LogP contribution < -0.4 is 0 Å². The molecule has 0 aromatic heterocycles. The van der Waals surface area contributed by atoms with Crippen molar-refractivity contribution in [3.8, 4) is 0 Å². The topological polar surface area (TPSA) is 96.0 Å². The maximum atomic E-state index is 12.5. The molecule has 150 valence electrons. The summed E-state index contributed by atoms with van der Waals surface area (Å²) in [5.41, 5.74) is -0.655. The van der Waals surface area contributed by atoms with Crippen LogP contribution in [0.15, 0.2) is 0 Å². The summed E-state index contributed by atoms with van der Waals surface area (Å²) in [6.45, 7) is 11.7. The molecule has 7 nitrogen and oxygen atoms in total. The minimum atomic E-state index is -0.788. The molecule has 0 aromatic rings. The maximum absolute atomic E-state index is 12.5. The fraction of sp³-hybridized carbons (Fsp3) is 0.800. The van der Waals surface area contributed by atoms with Gasteiger partial charge in [-0.05, 0) is 23.7 Å². The Morgan fingerprint density at radius 3 is 1.93 bits per heavy atom. The lowest BCUT2D eigenvalue weighted by Gasteiger charge is -2.41. The first kappa shape index (κ1) is 20.0. The first-order chi connectivity index (χ1) is 12.3. The van der Waals surface area contributed by atoms with Crippen LogP contribution in [0.2, 0.25) is 0 Å². The molecule has 0 N–H and O–H groups in total. The highest BCUT2D eigenvalue weighted by molar-refractivity contribution is 5.98. The van der Waals surface area contributed by atoms with E-state index < -0.39 is 65.2 Å². The van der Waals surface area contributed by atoms with Gasteiger partial charge in [-0.15, -0.1) is 0 Å². The molecule has 3 fully saturated rings. The molecule has 3 rings (SSSR count). The van der Waals surface area contributed by atoms with Crippen molar-refractivity contribution in [1.29, 1.82) is 0 Å². The van der Waals surface area contributed by atoms with Gasteiger partial charge in [0.15, 0.2) is 0 Å². The minimum absolute atomic E-state index is 0.154. The van der Waals surface area contributed by atoms with Gasteiger partial charge in [0, 0.05) is 0 Å². The number of esters is 4. The molecule has 7 heteroatoms. The van der Waals surface area contributed by atoms with Crippen LogP contribution in [-0.4, -0.2) is 36.1 Å². The Labute approximate surface area is 159 Å². The van der Waals surface area contributed by atoms with E-state index in [1.54, 1.807) is 0 Å². The fourth-order valence-electron chi connectivity index (χ4n) is 4.60. The van der Waals surface area contributed by atoms with Gasteiger partial charge in [-0.1, -0.05) is 41.5 Å². The van der Waals surface area contributed by atoms with Crippen molar-refractivity contribution in [1.82, 2.24) is 0 Å². The van der Waals surface area contributed by atoms with E-state index in [4.69, 9.17) is 14.2 Å². The van der Waals surface area contributed by atoms with Gasteiger partial charge in [-0.25, -0.2) is 0 Å². The first-order valence-corrected chi connectivity index (χ1v) is 9.46. The van der Waals surface area contributed by atoms with E-state index in [2.05, 4.69) is 0 Å². The number of rotatable bonds is 2. The van der Waals surface area contributed by atoms with Crippen LogP contribution >= 0.6 is 0 Å². The van der Waals surface area contributed by atoms with Crippen LogP contribution in [0.5, 0.6) is 0 Å². The largest absolute Gasteiger partial charge is 0.393 e. The normalized spacial score (nSPS) is 37.3. The second kappa shape index (κ2) is 6.40. The van der Waals surface area contributed by atoms with Crippen LogP contribution in [0, 0.1) is 34.5 Å². The summed E-state index contributed by atoms with van der Waals surface area (Å²) in [6, 6.07) is 0. The van der Waals surface area contributed by atoms with Crippen LogP contribution in [0.1, 0.15) is 54.4 Å². The van der Waals surface area contributed by atoms with Gasteiger partial charge in [0.1, 0.15) is 0 Å². The molecule has 3 heterocycles. The molecule has 0 saturated carbocycles. The third kappa shape index (κ3) is 3.66. The van der Waals surface area contributed by atoms with Crippen LogP contribution in [-0.2, 0) is 33.4 Å². The predicted molar refractivity (Wildman–Crippen MR) is 93.0 cm³/mol. The average Bonchev–Trinajstić information content (AvgIpc) is 2.93. The third-order valence-corrected chi connectivity index (χ3v) is 5.68. The van der Waals surface area contributed by atoms with Gasteiger partial charge >= 0.3 is 23.9 Å². The highest BCUT2D eigenvalue weighted by Crippen LogP contribution is 2.48. The molecular weight excluding hydrogens is 352 g/mol. The van der Waals surface area contributed by atoms with Gasteiger partial charge in [0.2, 0.25) is 0 Å². The molecule has 0 spiro atoms. The molecule has 3 saturated heterocycles. The van der Waals surface area contributed by atoms with Crippen LogP contribution in [0.3, 0.4) is 0 Å². The fourth-order valence-corrected chi connectivity index (χ4v) is 4.60. The summed E-state index contributed by atoms with van der Waals surface area (Å²) in [6.07, 6.45) is -0.504. The molecule has 0 aliphatic carbocycles. The van der Waals surface area contributed by atoms with E-state index in [1.807, 2.05) is 41.5 Å². The zero-order valence-electron chi connectivity index (χ0n) is 16.7. The zero-order valence-corrected chi connectivity index (χ0v) is 16.7. The second-order valence-electron chi connectivity index (χ2n) is 10.2. The molecule has 6 atom stereocenters. The quantitative estimate of drug-likeness (QED) is 0.535. The van der Waals surface area contributed by atoms with Crippen molar-refractivity contribution < 1.29 is 33.4 Å². The molecule has 6 unspecified atom stereocenters. The van der Waals surface area contributed by atoms with Gasteiger partial charge in [-0.2, -0.15) is 0 Å². The molecule has 27 heavy (non-hydrogen) atoms. The number of hydrogen-bond acceptors (Lipinski definition) is 7. The monoisotopic (exact) mass is 380 g/mol. The predicted octanol–water partition coefficient (Wildman–Crippen LogP) is 2.26. The Morgan fingerprint density at radius 2 is 1.37 bits per heavy atom. The minimum Gasteiger partial charge on any atom is -0.393 e. The Hall–Kier alpha value is -1.76. The van der Waals surface area contributed by atoms with E-state index in [1.165, 1.54) is 0 Å². The lowest BCUT2D eigenvalue weighted by Crippen LogP contribution is -2.50. The van der Waals surface area contributed by atoms with Gasteiger partial charge in [0.05, 0.1) is 35.9 Å². The maximum Gasteiger partial charge on any atom is 0.320 e. The highest BCUT2D eigenvalue weighted by atomic mass is 16.6. The summed E-state index contributed by atoms with van der Waals surface area (Å²) >= 11 is 0. The van der Waals surface area contributed by atoms with Crippen molar-refractivity contribution in [3.05, 3.63) is 0 Å². The van der Waals surface area contributed by atoms with Crippen LogP contribution in [0.4, 0.5) is 0 Å². The summed E-state index contributed by atoms with van der Waals surface area (Å²) in [5, 5.41) is 0. The molecule has 0 radical (unpaired) electrons. The molecule has 0 aromatic carbocycles. The second-order valence-corrected chi connectivity index (χ2v) is 10.2. The molecule has 3 aliphatic rings. The van der Waals surface area contributed by atoms with Crippen molar-refractivity contribution in [2.24, 2.45) is 34.5 Å². The third-order valence-electron chi connectivity index (χ3n) is 5.68. The van der Waals surface area contributed by atoms with Crippen molar-refractivity contribution >= 4 is 23.9 Å². The SMILES string of the molecule is CC(C)(C)CC1OC(C2C(=O)OC(=O)C2C(C)(C)C)CC2C(=O)OC(=O)C12. The number of carbonyl (C=O) groups excluding carboxylic acids is 4. The Kier molecular flexibility index (Phi) is 4.74. The van der Waals surface area contributed by atoms with Gasteiger partial charge in [0.25, 0.3) is 0 Å². The van der Waals surface area contributed by atoms with E-state index >= 15 is 0 Å². The van der Waals surface area contributed by atoms with Crippen molar-refractivity contribution in [2.45, 2.75) is 66.6 Å². The highest BCUT2D eigenvalue weighted by Gasteiger charge is 2.60. The number of ether oxygens (including phenoxy) is 3. The van der Waals surface area contributed by atoms with E-state index in [0.717, 1.165) is 0 Å².